The second-order valence-electron chi connectivity index (χ2n) is 6.24. The van der Waals surface area contributed by atoms with Gasteiger partial charge in [0.05, 0.1) is 6.20 Å². The highest BCUT2D eigenvalue weighted by atomic mass is 28.3. The first-order valence-corrected chi connectivity index (χ1v) is 10.6. The summed E-state index contributed by atoms with van der Waals surface area (Å²) in [5, 5.41) is 4.32. The van der Waals surface area contributed by atoms with Gasteiger partial charge in [-0.05, 0) is 23.7 Å². The molecule has 0 saturated carbocycles. The Bertz CT molecular complexity index is 543. The molecule has 0 spiro atoms. The molecule has 2 N–H and O–H groups in total. The molecule has 0 atom stereocenters. The number of aromatic nitrogens is 2. The molecule has 0 saturated heterocycles. The zero-order chi connectivity index (χ0) is 14.6. The van der Waals surface area contributed by atoms with Crippen LogP contribution in [0.25, 0.3) is 11.1 Å². The highest BCUT2D eigenvalue weighted by Gasteiger charge is 2.12. The van der Waals surface area contributed by atoms with E-state index in [9.17, 15) is 0 Å². The van der Waals surface area contributed by atoms with Crippen molar-refractivity contribution >= 4 is 13.8 Å². The average molecular weight is 289 g/mol. The predicted octanol–water partition coefficient (Wildman–Crippen LogP) is 3.44. The highest BCUT2D eigenvalue weighted by Crippen LogP contribution is 2.19. The summed E-state index contributed by atoms with van der Waals surface area (Å²) in [4.78, 5) is 0. The van der Waals surface area contributed by atoms with Crippen LogP contribution in [0.15, 0.2) is 36.7 Å². The molecule has 0 unspecified atom stereocenters. The average Bonchev–Trinajstić information content (AvgIpc) is 2.83. The van der Waals surface area contributed by atoms with Crippen LogP contribution in [0, 0.1) is 0 Å². The van der Waals surface area contributed by atoms with Gasteiger partial charge in [0.25, 0.3) is 0 Å². The topological polar surface area (TPSA) is 53.1 Å². The number of anilines is 1. The largest absolute Gasteiger partial charge is 0.399 e. The third kappa shape index (κ3) is 4.50. The molecule has 108 valence electrons. The van der Waals surface area contributed by atoms with E-state index in [1.165, 1.54) is 6.04 Å². The Morgan fingerprint density at radius 2 is 1.85 bits per heavy atom. The number of rotatable bonds is 6. The van der Waals surface area contributed by atoms with Crippen LogP contribution >= 0.6 is 0 Å². The van der Waals surface area contributed by atoms with Crippen molar-refractivity contribution in [3.05, 3.63) is 36.7 Å². The number of ether oxygens (including phenoxy) is 1. The zero-order valence-electron chi connectivity index (χ0n) is 12.5. The van der Waals surface area contributed by atoms with E-state index < -0.39 is 8.07 Å². The molecule has 4 nitrogen and oxygen atoms in total. The molecule has 2 rings (SSSR count). The van der Waals surface area contributed by atoms with Gasteiger partial charge >= 0.3 is 0 Å². The van der Waals surface area contributed by atoms with Crippen LogP contribution in [0.5, 0.6) is 0 Å². The van der Waals surface area contributed by atoms with Crippen molar-refractivity contribution in [2.75, 3.05) is 12.3 Å². The Labute approximate surface area is 121 Å². The Kier molecular flexibility index (Phi) is 4.62. The van der Waals surface area contributed by atoms with Gasteiger partial charge in [0.2, 0.25) is 0 Å². The van der Waals surface area contributed by atoms with E-state index in [1.54, 1.807) is 0 Å². The van der Waals surface area contributed by atoms with Crippen molar-refractivity contribution in [2.45, 2.75) is 32.4 Å². The van der Waals surface area contributed by atoms with Gasteiger partial charge in [-0.2, -0.15) is 5.10 Å². The number of hydrogen-bond donors (Lipinski definition) is 1. The number of nitrogens with two attached hydrogens (primary N) is 1. The predicted molar refractivity (Wildman–Crippen MR) is 86.2 cm³/mol. The molecule has 0 aliphatic rings. The first-order chi connectivity index (χ1) is 9.44. The number of nitrogens with zero attached hydrogens (tertiary/aromatic N) is 2. The van der Waals surface area contributed by atoms with Crippen LogP contribution in [0.4, 0.5) is 5.69 Å². The molecule has 0 fully saturated rings. The Hall–Kier alpha value is -1.59. The van der Waals surface area contributed by atoms with E-state index in [0.717, 1.165) is 23.4 Å². The smallest absolute Gasteiger partial charge is 0.139 e. The first kappa shape index (κ1) is 14.8. The summed E-state index contributed by atoms with van der Waals surface area (Å²) in [5.74, 6) is 0. The highest BCUT2D eigenvalue weighted by molar-refractivity contribution is 6.76. The summed E-state index contributed by atoms with van der Waals surface area (Å²) in [6.45, 7) is 8.38. The van der Waals surface area contributed by atoms with Crippen molar-refractivity contribution < 1.29 is 4.74 Å². The van der Waals surface area contributed by atoms with E-state index in [4.69, 9.17) is 10.5 Å². The molecule has 0 aliphatic carbocycles. The minimum Gasteiger partial charge on any atom is -0.399 e. The molecular formula is C15H23N3OSi. The number of nitrogen functional groups attached to an aromatic ring is 1. The Balaban J connectivity index is 1.88. The lowest BCUT2D eigenvalue weighted by molar-refractivity contribution is 0.0786. The third-order valence-corrected chi connectivity index (χ3v) is 4.80. The van der Waals surface area contributed by atoms with Gasteiger partial charge in [-0.15, -0.1) is 0 Å². The standard InChI is InChI=1S/C15H23N3OSi/c1-20(2,3)9-8-19-12-18-11-14(10-17-18)13-4-6-15(16)7-5-13/h4-7,10-11H,8-9,12,16H2,1-3H3. The maximum absolute atomic E-state index is 5.69. The first-order valence-electron chi connectivity index (χ1n) is 6.90. The van der Waals surface area contributed by atoms with Gasteiger partial charge in [0.15, 0.2) is 0 Å². The van der Waals surface area contributed by atoms with Gasteiger partial charge in [-0.3, -0.25) is 0 Å². The van der Waals surface area contributed by atoms with Crippen LogP contribution in [0.1, 0.15) is 0 Å². The van der Waals surface area contributed by atoms with Crippen LogP contribution in [0.2, 0.25) is 25.7 Å². The fourth-order valence-corrected chi connectivity index (χ4v) is 2.55. The Morgan fingerprint density at radius 1 is 1.15 bits per heavy atom. The molecule has 1 heterocycles. The lowest BCUT2D eigenvalue weighted by Crippen LogP contribution is -2.22. The van der Waals surface area contributed by atoms with Crippen molar-refractivity contribution in [3.8, 4) is 11.1 Å². The van der Waals surface area contributed by atoms with Crippen molar-refractivity contribution in [2.24, 2.45) is 0 Å². The fraction of sp³-hybridized carbons (Fsp3) is 0.400. The van der Waals surface area contributed by atoms with E-state index in [1.807, 2.05) is 41.3 Å². The van der Waals surface area contributed by atoms with Gasteiger partial charge in [-0.25, -0.2) is 4.68 Å². The zero-order valence-corrected chi connectivity index (χ0v) is 13.5. The molecule has 0 amide bonds. The minimum absolute atomic E-state index is 0.513. The third-order valence-electron chi connectivity index (χ3n) is 3.10. The van der Waals surface area contributed by atoms with Crippen LogP contribution in [-0.2, 0) is 11.5 Å². The van der Waals surface area contributed by atoms with Crippen LogP contribution in [-0.4, -0.2) is 24.5 Å². The summed E-state index contributed by atoms with van der Waals surface area (Å²) in [5.41, 5.74) is 8.66. The molecule has 1 aromatic heterocycles. The van der Waals surface area contributed by atoms with Gasteiger partial charge in [0.1, 0.15) is 6.73 Å². The molecule has 2 aromatic rings. The summed E-state index contributed by atoms with van der Waals surface area (Å²) in [6.07, 6.45) is 3.85. The van der Waals surface area contributed by atoms with E-state index in [2.05, 4.69) is 24.7 Å². The van der Waals surface area contributed by atoms with Crippen molar-refractivity contribution in [1.29, 1.82) is 0 Å². The normalized spacial score (nSPS) is 11.8. The molecule has 0 aliphatic heterocycles. The monoisotopic (exact) mass is 289 g/mol. The van der Waals surface area contributed by atoms with Crippen molar-refractivity contribution in [1.82, 2.24) is 9.78 Å². The molecule has 20 heavy (non-hydrogen) atoms. The molecule has 0 radical (unpaired) electrons. The Morgan fingerprint density at radius 3 is 2.50 bits per heavy atom. The lowest BCUT2D eigenvalue weighted by atomic mass is 10.1. The number of hydrogen-bond acceptors (Lipinski definition) is 3. The van der Waals surface area contributed by atoms with E-state index in [0.29, 0.717) is 6.73 Å². The fourth-order valence-electron chi connectivity index (χ4n) is 1.80. The van der Waals surface area contributed by atoms with Crippen LogP contribution in [0.3, 0.4) is 0 Å². The molecule has 0 bridgehead atoms. The summed E-state index contributed by atoms with van der Waals surface area (Å²) in [6, 6.07) is 8.98. The molecule has 1 aromatic carbocycles. The maximum Gasteiger partial charge on any atom is 0.139 e. The van der Waals surface area contributed by atoms with Gasteiger partial charge in [-0.1, -0.05) is 31.8 Å². The summed E-state index contributed by atoms with van der Waals surface area (Å²) in [7, 11) is -1.01. The van der Waals surface area contributed by atoms with Gasteiger partial charge < -0.3 is 10.5 Å². The summed E-state index contributed by atoms with van der Waals surface area (Å²) >= 11 is 0. The maximum atomic E-state index is 5.69. The SMILES string of the molecule is C[Si](C)(C)CCOCn1cc(-c2ccc(N)cc2)cn1. The second-order valence-corrected chi connectivity index (χ2v) is 11.9. The van der Waals surface area contributed by atoms with Crippen LogP contribution < -0.4 is 5.73 Å². The van der Waals surface area contributed by atoms with Crippen molar-refractivity contribution in [3.63, 3.8) is 0 Å². The number of benzene rings is 1. The minimum atomic E-state index is -1.01. The lowest BCUT2D eigenvalue weighted by Gasteiger charge is -2.15. The molecular weight excluding hydrogens is 266 g/mol. The summed E-state index contributed by atoms with van der Waals surface area (Å²) < 4.78 is 7.51. The van der Waals surface area contributed by atoms with E-state index >= 15 is 0 Å². The van der Waals surface area contributed by atoms with E-state index in [-0.39, 0.29) is 0 Å². The second kappa shape index (κ2) is 6.24. The molecule has 5 heteroatoms. The van der Waals surface area contributed by atoms with Gasteiger partial charge in [0, 0.05) is 32.1 Å². The quantitative estimate of drug-likeness (QED) is 0.503.